The summed E-state index contributed by atoms with van der Waals surface area (Å²) in [6.45, 7) is 2.17. The minimum absolute atomic E-state index is 0.558. The maximum absolute atomic E-state index is 5.60. The molecule has 0 atom stereocenters. The zero-order valence-electron chi connectivity index (χ0n) is 9.89. The minimum Gasteiger partial charge on any atom is -0.439 e. The summed E-state index contributed by atoms with van der Waals surface area (Å²) in [6, 6.07) is 11.6. The van der Waals surface area contributed by atoms with Crippen molar-refractivity contribution >= 4 is 5.69 Å². The quantitative estimate of drug-likeness (QED) is 0.872. The lowest BCUT2D eigenvalue weighted by atomic mass is 10.1. The number of aromatic nitrogens is 1. The molecule has 1 heterocycles. The summed E-state index contributed by atoms with van der Waals surface area (Å²) < 4.78 is 5.60. The van der Waals surface area contributed by atoms with E-state index in [4.69, 9.17) is 10.5 Å². The Morgan fingerprint density at radius 1 is 1.12 bits per heavy atom. The second-order valence-corrected chi connectivity index (χ2v) is 3.93. The van der Waals surface area contributed by atoms with E-state index in [1.807, 2.05) is 12.1 Å². The molecule has 0 amide bonds. The van der Waals surface area contributed by atoms with Crippen LogP contribution in [0.1, 0.15) is 18.9 Å². The van der Waals surface area contributed by atoms with Crippen LogP contribution in [0.2, 0.25) is 0 Å². The molecule has 0 saturated heterocycles. The van der Waals surface area contributed by atoms with E-state index in [1.165, 1.54) is 5.56 Å². The highest BCUT2D eigenvalue weighted by Crippen LogP contribution is 2.20. The zero-order valence-corrected chi connectivity index (χ0v) is 9.89. The van der Waals surface area contributed by atoms with Gasteiger partial charge in [-0.05, 0) is 30.2 Å². The van der Waals surface area contributed by atoms with E-state index in [9.17, 15) is 0 Å². The van der Waals surface area contributed by atoms with Crippen LogP contribution in [0.25, 0.3) is 0 Å². The zero-order chi connectivity index (χ0) is 12.1. The van der Waals surface area contributed by atoms with Crippen LogP contribution >= 0.6 is 0 Å². The number of nitrogens with two attached hydrogens (primary N) is 1. The molecule has 0 aliphatic rings. The third-order valence-corrected chi connectivity index (χ3v) is 2.44. The van der Waals surface area contributed by atoms with Crippen LogP contribution < -0.4 is 10.5 Å². The van der Waals surface area contributed by atoms with E-state index >= 15 is 0 Å². The molecule has 2 rings (SSSR count). The highest BCUT2D eigenvalue weighted by molar-refractivity contribution is 5.37. The number of aryl methyl sites for hydroxylation is 1. The van der Waals surface area contributed by atoms with Crippen LogP contribution in [0.15, 0.2) is 42.6 Å². The molecule has 2 aromatic rings. The molecule has 3 nitrogen and oxygen atoms in total. The Bertz CT molecular complexity index is 463. The van der Waals surface area contributed by atoms with Crippen molar-refractivity contribution in [1.29, 1.82) is 0 Å². The summed E-state index contributed by atoms with van der Waals surface area (Å²) in [5, 5.41) is 0. The van der Waals surface area contributed by atoms with Crippen LogP contribution in [0, 0.1) is 0 Å². The van der Waals surface area contributed by atoms with Crippen molar-refractivity contribution in [2.24, 2.45) is 0 Å². The van der Waals surface area contributed by atoms with Crippen LogP contribution in [0.5, 0.6) is 11.6 Å². The van der Waals surface area contributed by atoms with Gasteiger partial charge in [-0.2, -0.15) is 0 Å². The van der Waals surface area contributed by atoms with E-state index < -0.39 is 0 Å². The van der Waals surface area contributed by atoms with Crippen LogP contribution in [0.4, 0.5) is 5.69 Å². The average Bonchev–Trinajstić information content (AvgIpc) is 2.35. The highest BCUT2D eigenvalue weighted by atomic mass is 16.5. The number of benzene rings is 1. The molecule has 1 aromatic carbocycles. The standard InChI is InChI=1S/C14H16N2O/c1-2-3-11-4-7-13(8-5-11)17-14-9-6-12(15)10-16-14/h4-10H,2-3,15H2,1H3. The molecule has 0 saturated carbocycles. The van der Waals surface area contributed by atoms with E-state index in [2.05, 4.69) is 24.0 Å². The Morgan fingerprint density at radius 2 is 1.88 bits per heavy atom. The lowest BCUT2D eigenvalue weighted by Gasteiger charge is -2.05. The first-order chi connectivity index (χ1) is 8.28. The van der Waals surface area contributed by atoms with Gasteiger partial charge in [0.2, 0.25) is 5.88 Å². The van der Waals surface area contributed by atoms with Crippen molar-refractivity contribution in [2.75, 3.05) is 5.73 Å². The van der Waals surface area contributed by atoms with Crippen molar-refractivity contribution in [2.45, 2.75) is 19.8 Å². The van der Waals surface area contributed by atoms with Gasteiger partial charge >= 0.3 is 0 Å². The van der Waals surface area contributed by atoms with E-state index in [0.29, 0.717) is 11.6 Å². The van der Waals surface area contributed by atoms with Gasteiger partial charge in [0.15, 0.2) is 0 Å². The lowest BCUT2D eigenvalue weighted by Crippen LogP contribution is -1.90. The normalized spacial score (nSPS) is 10.2. The number of anilines is 1. The molecule has 88 valence electrons. The fourth-order valence-corrected chi connectivity index (χ4v) is 1.59. The van der Waals surface area contributed by atoms with Crippen molar-refractivity contribution < 1.29 is 4.74 Å². The van der Waals surface area contributed by atoms with Crippen LogP contribution in [0.3, 0.4) is 0 Å². The summed E-state index contributed by atoms with van der Waals surface area (Å²) >= 11 is 0. The first kappa shape index (κ1) is 11.5. The lowest BCUT2D eigenvalue weighted by molar-refractivity contribution is 0.463. The second kappa shape index (κ2) is 5.34. The van der Waals surface area contributed by atoms with Gasteiger partial charge in [0.05, 0.1) is 11.9 Å². The molecule has 0 aliphatic heterocycles. The monoisotopic (exact) mass is 228 g/mol. The summed E-state index contributed by atoms with van der Waals surface area (Å²) in [4.78, 5) is 4.09. The molecular formula is C14H16N2O. The molecule has 0 radical (unpaired) electrons. The molecular weight excluding hydrogens is 212 g/mol. The molecule has 3 heteroatoms. The second-order valence-electron chi connectivity index (χ2n) is 3.93. The van der Waals surface area contributed by atoms with Crippen molar-refractivity contribution in [3.8, 4) is 11.6 Å². The Hall–Kier alpha value is -2.03. The van der Waals surface area contributed by atoms with Gasteiger partial charge in [-0.25, -0.2) is 4.98 Å². The molecule has 0 spiro atoms. The average molecular weight is 228 g/mol. The highest BCUT2D eigenvalue weighted by Gasteiger charge is 1.98. The third-order valence-electron chi connectivity index (χ3n) is 2.44. The van der Waals surface area contributed by atoms with Gasteiger partial charge in [0, 0.05) is 6.07 Å². The largest absolute Gasteiger partial charge is 0.439 e. The van der Waals surface area contributed by atoms with E-state index in [0.717, 1.165) is 18.6 Å². The molecule has 1 aromatic heterocycles. The Kier molecular flexibility index (Phi) is 3.60. The van der Waals surface area contributed by atoms with E-state index in [1.54, 1.807) is 18.3 Å². The number of nitrogen functional groups attached to an aromatic ring is 1. The number of rotatable bonds is 4. The number of hydrogen-bond donors (Lipinski definition) is 1. The Labute approximate surface area is 101 Å². The fourth-order valence-electron chi connectivity index (χ4n) is 1.59. The molecule has 0 bridgehead atoms. The molecule has 0 aliphatic carbocycles. The van der Waals surface area contributed by atoms with Gasteiger partial charge < -0.3 is 10.5 Å². The number of nitrogens with zero attached hydrogens (tertiary/aromatic N) is 1. The van der Waals surface area contributed by atoms with E-state index in [-0.39, 0.29) is 0 Å². The number of pyridine rings is 1. The fraction of sp³-hybridized carbons (Fsp3) is 0.214. The van der Waals surface area contributed by atoms with Crippen molar-refractivity contribution in [3.63, 3.8) is 0 Å². The summed E-state index contributed by atoms with van der Waals surface area (Å²) in [6.07, 6.45) is 3.83. The molecule has 0 fully saturated rings. The number of hydrogen-bond acceptors (Lipinski definition) is 3. The molecule has 17 heavy (non-hydrogen) atoms. The van der Waals surface area contributed by atoms with Gasteiger partial charge in [-0.1, -0.05) is 25.5 Å². The predicted molar refractivity (Wildman–Crippen MR) is 69.2 cm³/mol. The Morgan fingerprint density at radius 3 is 2.47 bits per heavy atom. The van der Waals surface area contributed by atoms with Gasteiger partial charge in [0.1, 0.15) is 5.75 Å². The van der Waals surface area contributed by atoms with Crippen LogP contribution in [-0.2, 0) is 6.42 Å². The third kappa shape index (κ3) is 3.21. The summed E-state index contributed by atoms with van der Waals surface area (Å²) in [5.74, 6) is 1.35. The van der Waals surface area contributed by atoms with Crippen molar-refractivity contribution in [1.82, 2.24) is 4.98 Å². The summed E-state index contributed by atoms with van der Waals surface area (Å²) in [5.41, 5.74) is 7.51. The minimum atomic E-state index is 0.558. The van der Waals surface area contributed by atoms with Gasteiger partial charge in [-0.15, -0.1) is 0 Å². The number of ether oxygens (including phenoxy) is 1. The first-order valence-electron chi connectivity index (χ1n) is 5.76. The van der Waals surface area contributed by atoms with Gasteiger partial charge in [-0.3, -0.25) is 0 Å². The maximum atomic E-state index is 5.60. The molecule has 0 unspecified atom stereocenters. The van der Waals surface area contributed by atoms with Crippen molar-refractivity contribution in [3.05, 3.63) is 48.2 Å². The predicted octanol–water partition coefficient (Wildman–Crippen LogP) is 3.41. The summed E-state index contributed by atoms with van der Waals surface area (Å²) in [7, 11) is 0. The topological polar surface area (TPSA) is 48.1 Å². The Balaban J connectivity index is 2.05. The first-order valence-corrected chi connectivity index (χ1v) is 5.76. The maximum Gasteiger partial charge on any atom is 0.219 e. The van der Waals surface area contributed by atoms with Gasteiger partial charge in [0.25, 0.3) is 0 Å². The van der Waals surface area contributed by atoms with Crippen LogP contribution in [-0.4, -0.2) is 4.98 Å². The molecule has 2 N–H and O–H groups in total. The SMILES string of the molecule is CCCc1ccc(Oc2ccc(N)cn2)cc1. The smallest absolute Gasteiger partial charge is 0.219 e.